The number of halogens is 1. The van der Waals surface area contributed by atoms with Crippen LogP contribution in [0.4, 0.5) is 0 Å². The van der Waals surface area contributed by atoms with Crippen LogP contribution in [-0.4, -0.2) is 24.6 Å². The van der Waals surface area contributed by atoms with Gasteiger partial charge in [0.2, 0.25) is 0 Å². The van der Waals surface area contributed by atoms with Crippen molar-refractivity contribution in [2.24, 2.45) is 0 Å². The summed E-state index contributed by atoms with van der Waals surface area (Å²) in [5.74, 6) is -0.874. The molecular weight excluding hydrogens is 328 g/mol. The molecule has 0 saturated carbocycles. The molecule has 1 aliphatic rings. The molecule has 0 N–H and O–H groups in total. The summed E-state index contributed by atoms with van der Waals surface area (Å²) in [4.78, 5) is 24.1. The van der Waals surface area contributed by atoms with Gasteiger partial charge in [0.15, 0.2) is 0 Å². The fourth-order valence-electron chi connectivity index (χ4n) is 2.39. The van der Waals surface area contributed by atoms with E-state index in [-0.39, 0.29) is 6.61 Å². The molecule has 1 atom stereocenters. The molecule has 0 fully saturated rings. The van der Waals surface area contributed by atoms with Crippen LogP contribution < -0.4 is 0 Å². The topological polar surface area (TPSA) is 52.6 Å². The molecule has 24 heavy (non-hydrogen) atoms. The van der Waals surface area contributed by atoms with Gasteiger partial charge in [0.05, 0.1) is 11.1 Å². The highest BCUT2D eigenvalue weighted by molar-refractivity contribution is 6.30. The van der Waals surface area contributed by atoms with Gasteiger partial charge in [-0.3, -0.25) is 0 Å². The Labute approximate surface area is 144 Å². The Morgan fingerprint density at radius 1 is 1.12 bits per heavy atom. The third-order valence-electron chi connectivity index (χ3n) is 3.64. The van der Waals surface area contributed by atoms with Gasteiger partial charge in [0, 0.05) is 11.4 Å². The van der Waals surface area contributed by atoms with Crippen LogP contribution in [0.25, 0.3) is 5.57 Å². The summed E-state index contributed by atoms with van der Waals surface area (Å²) in [5, 5.41) is 0.548. The highest BCUT2D eigenvalue weighted by Gasteiger charge is 2.25. The number of carbonyl (C=O) groups excluding carboxylic acids is 2. The lowest BCUT2D eigenvalue weighted by Crippen LogP contribution is -2.28. The number of ether oxygens (including phenoxy) is 2. The molecule has 0 spiro atoms. The van der Waals surface area contributed by atoms with Gasteiger partial charge in [0.25, 0.3) is 0 Å². The Hall–Kier alpha value is -2.59. The fourth-order valence-corrected chi connectivity index (χ4v) is 2.52. The summed E-state index contributed by atoms with van der Waals surface area (Å²) < 4.78 is 10.6. The monoisotopic (exact) mass is 342 g/mol. The summed E-state index contributed by atoms with van der Waals surface area (Å²) in [5.41, 5.74) is 1.76. The van der Waals surface area contributed by atoms with Crippen molar-refractivity contribution in [3.05, 3.63) is 76.8 Å². The Kier molecular flexibility index (Phi) is 4.96. The van der Waals surface area contributed by atoms with Gasteiger partial charge >= 0.3 is 11.9 Å². The SMILES string of the molecule is O=C1OC(COC(=O)c2ccc(Cl)cc2)CC=C1c1ccccc1. The first-order chi connectivity index (χ1) is 11.6. The van der Waals surface area contributed by atoms with Crippen molar-refractivity contribution >= 4 is 29.1 Å². The van der Waals surface area contributed by atoms with E-state index in [9.17, 15) is 9.59 Å². The number of cyclic esters (lactones) is 1. The highest BCUT2D eigenvalue weighted by atomic mass is 35.5. The Morgan fingerprint density at radius 2 is 1.83 bits per heavy atom. The summed E-state index contributed by atoms with van der Waals surface area (Å²) in [6.45, 7) is 0.0196. The molecule has 122 valence electrons. The molecule has 4 nitrogen and oxygen atoms in total. The van der Waals surface area contributed by atoms with Crippen molar-refractivity contribution in [3.63, 3.8) is 0 Å². The minimum Gasteiger partial charge on any atom is -0.458 e. The van der Waals surface area contributed by atoms with E-state index in [1.54, 1.807) is 24.3 Å². The van der Waals surface area contributed by atoms with Gasteiger partial charge in [0.1, 0.15) is 12.7 Å². The normalized spacial score (nSPS) is 17.0. The second-order valence-corrected chi connectivity index (χ2v) is 5.79. The number of rotatable bonds is 4. The molecule has 3 rings (SSSR count). The van der Waals surface area contributed by atoms with Gasteiger partial charge in [-0.15, -0.1) is 0 Å². The van der Waals surface area contributed by atoms with E-state index in [0.29, 0.717) is 22.6 Å². The molecule has 2 aromatic rings. The predicted octanol–water partition coefficient (Wildman–Crippen LogP) is 3.90. The van der Waals surface area contributed by atoms with Gasteiger partial charge in [-0.25, -0.2) is 9.59 Å². The maximum atomic E-state index is 12.1. The third-order valence-corrected chi connectivity index (χ3v) is 3.90. The van der Waals surface area contributed by atoms with E-state index < -0.39 is 18.0 Å². The molecule has 1 aliphatic heterocycles. The first kappa shape index (κ1) is 16.3. The molecule has 2 aromatic carbocycles. The summed E-state index contributed by atoms with van der Waals surface area (Å²) in [7, 11) is 0. The molecule has 0 saturated heterocycles. The number of esters is 2. The van der Waals surface area contributed by atoms with E-state index in [1.807, 2.05) is 36.4 Å². The summed E-state index contributed by atoms with van der Waals surface area (Å²) in [6, 6.07) is 15.7. The Morgan fingerprint density at radius 3 is 2.50 bits per heavy atom. The number of carbonyl (C=O) groups is 2. The lowest BCUT2D eigenvalue weighted by molar-refractivity contribution is -0.144. The molecule has 0 aromatic heterocycles. The molecule has 0 radical (unpaired) electrons. The van der Waals surface area contributed by atoms with E-state index >= 15 is 0 Å². The molecular formula is C19H15ClO4. The molecule has 0 bridgehead atoms. The van der Waals surface area contributed by atoms with Crippen LogP contribution in [0, 0.1) is 0 Å². The van der Waals surface area contributed by atoms with Crippen LogP contribution in [0.15, 0.2) is 60.7 Å². The largest absolute Gasteiger partial charge is 0.458 e. The molecule has 1 heterocycles. The highest BCUT2D eigenvalue weighted by Crippen LogP contribution is 2.23. The van der Waals surface area contributed by atoms with Crippen molar-refractivity contribution in [1.82, 2.24) is 0 Å². The minimum atomic E-state index is -0.472. The lowest BCUT2D eigenvalue weighted by Gasteiger charge is -2.22. The van der Waals surface area contributed by atoms with Crippen LogP contribution >= 0.6 is 11.6 Å². The molecule has 0 amide bonds. The van der Waals surface area contributed by atoms with Crippen LogP contribution in [0.3, 0.4) is 0 Å². The molecule has 5 heteroatoms. The maximum Gasteiger partial charge on any atom is 0.338 e. The average Bonchev–Trinajstić information content (AvgIpc) is 2.61. The van der Waals surface area contributed by atoms with Crippen molar-refractivity contribution in [2.75, 3.05) is 6.61 Å². The van der Waals surface area contributed by atoms with Gasteiger partial charge in [-0.1, -0.05) is 48.0 Å². The van der Waals surface area contributed by atoms with Gasteiger partial charge in [-0.2, -0.15) is 0 Å². The van der Waals surface area contributed by atoms with E-state index in [2.05, 4.69) is 0 Å². The molecule has 1 unspecified atom stereocenters. The van der Waals surface area contributed by atoms with Crippen LogP contribution in [0.2, 0.25) is 5.02 Å². The van der Waals surface area contributed by atoms with E-state index in [4.69, 9.17) is 21.1 Å². The second kappa shape index (κ2) is 7.32. The maximum absolute atomic E-state index is 12.1. The van der Waals surface area contributed by atoms with Crippen LogP contribution in [0.5, 0.6) is 0 Å². The predicted molar refractivity (Wildman–Crippen MR) is 90.7 cm³/mol. The first-order valence-electron chi connectivity index (χ1n) is 7.53. The van der Waals surface area contributed by atoms with E-state index in [0.717, 1.165) is 5.56 Å². The first-order valence-corrected chi connectivity index (χ1v) is 7.90. The van der Waals surface area contributed by atoms with Gasteiger partial charge in [-0.05, 0) is 29.8 Å². The van der Waals surface area contributed by atoms with Crippen molar-refractivity contribution in [2.45, 2.75) is 12.5 Å². The number of hydrogen-bond donors (Lipinski definition) is 0. The second-order valence-electron chi connectivity index (χ2n) is 5.35. The Bertz CT molecular complexity index is 766. The summed E-state index contributed by atoms with van der Waals surface area (Å²) >= 11 is 5.78. The zero-order chi connectivity index (χ0) is 16.9. The zero-order valence-electron chi connectivity index (χ0n) is 12.8. The zero-order valence-corrected chi connectivity index (χ0v) is 13.5. The van der Waals surface area contributed by atoms with Crippen LogP contribution in [-0.2, 0) is 14.3 Å². The van der Waals surface area contributed by atoms with Crippen molar-refractivity contribution < 1.29 is 19.1 Å². The third kappa shape index (κ3) is 3.84. The molecule has 0 aliphatic carbocycles. The number of hydrogen-bond acceptors (Lipinski definition) is 4. The van der Waals surface area contributed by atoms with Crippen molar-refractivity contribution in [3.8, 4) is 0 Å². The summed E-state index contributed by atoms with van der Waals surface area (Å²) in [6.07, 6.45) is 1.85. The smallest absolute Gasteiger partial charge is 0.338 e. The van der Waals surface area contributed by atoms with Crippen molar-refractivity contribution in [1.29, 1.82) is 0 Å². The minimum absolute atomic E-state index is 0.0196. The average molecular weight is 343 g/mol. The lowest BCUT2D eigenvalue weighted by atomic mass is 10.0. The van der Waals surface area contributed by atoms with Crippen LogP contribution in [0.1, 0.15) is 22.3 Å². The quantitative estimate of drug-likeness (QED) is 0.791. The standard InChI is InChI=1S/C19H15ClO4/c20-15-8-6-14(7-9-15)18(21)23-12-16-10-11-17(19(22)24-16)13-4-2-1-3-5-13/h1-9,11,16H,10,12H2. The number of benzene rings is 2. The fraction of sp³-hybridized carbons (Fsp3) is 0.158. The Balaban J connectivity index is 1.58. The van der Waals surface area contributed by atoms with Gasteiger partial charge < -0.3 is 9.47 Å². The van der Waals surface area contributed by atoms with E-state index in [1.165, 1.54) is 0 Å².